The van der Waals surface area contributed by atoms with Crippen LogP contribution in [0.4, 0.5) is 0 Å². The molecule has 0 aliphatic heterocycles. The number of hydrogen-bond acceptors (Lipinski definition) is 3. The monoisotopic (exact) mass is 311 g/mol. The third-order valence-electron chi connectivity index (χ3n) is 4.18. The third kappa shape index (κ3) is 4.50. The van der Waals surface area contributed by atoms with E-state index in [1.165, 1.54) is 5.56 Å². The van der Waals surface area contributed by atoms with E-state index in [0.717, 1.165) is 25.2 Å². The molecule has 0 aromatic heterocycles. The highest BCUT2D eigenvalue weighted by atomic mass is 16.3. The molecule has 2 aromatic carbocycles. The first-order chi connectivity index (χ1) is 11.0. The Kier molecular flexibility index (Phi) is 6.08. The Morgan fingerprint density at radius 3 is 2.09 bits per heavy atom. The number of aliphatic hydroxyl groups excluding tert-OH is 1. The maximum absolute atomic E-state index is 12.4. The van der Waals surface area contributed by atoms with Gasteiger partial charge in [0.05, 0.1) is 0 Å². The van der Waals surface area contributed by atoms with Gasteiger partial charge in [0.25, 0.3) is 0 Å². The zero-order valence-corrected chi connectivity index (χ0v) is 14.1. The number of carbonyl (C=O) groups excluding carboxylic acids is 1. The molecular weight excluding hydrogens is 286 g/mol. The molecule has 3 heteroatoms. The fourth-order valence-electron chi connectivity index (χ4n) is 2.54. The second-order valence-electron chi connectivity index (χ2n) is 5.84. The molecule has 0 saturated carbocycles. The van der Waals surface area contributed by atoms with Crippen LogP contribution in [0.2, 0.25) is 0 Å². The van der Waals surface area contributed by atoms with Crippen LogP contribution in [0.5, 0.6) is 0 Å². The lowest BCUT2D eigenvalue weighted by Gasteiger charge is -2.18. The summed E-state index contributed by atoms with van der Waals surface area (Å²) in [6, 6.07) is 14.9. The molecule has 0 fully saturated rings. The quantitative estimate of drug-likeness (QED) is 0.792. The maximum atomic E-state index is 12.4. The lowest BCUT2D eigenvalue weighted by atomic mass is 9.98. The van der Waals surface area contributed by atoms with E-state index in [0.29, 0.717) is 11.1 Å². The van der Waals surface area contributed by atoms with Crippen molar-refractivity contribution in [1.29, 1.82) is 0 Å². The van der Waals surface area contributed by atoms with Crippen LogP contribution in [-0.4, -0.2) is 28.9 Å². The van der Waals surface area contributed by atoms with Gasteiger partial charge >= 0.3 is 0 Å². The van der Waals surface area contributed by atoms with Gasteiger partial charge in [-0.15, -0.1) is 0 Å². The third-order valence-corrected chi connectivity index (χ3v) is 4.18. The van der Waals surface area contributed by atoms with Gasteiger partial charge < -0.3 is 5.11 Å². The average Bonchev–Trinajstić information content (AvgIpc) is 2.59. The molecule has 0 spiro atoms. The number of ketones is 1. The predicted octanol–water partition coefficient (Wildman–Crippen LogP) is 3.75. The van der Waals surface area contributed by atoms with E-state index in [1.54, 1.807) is 24.3 Å². The molecule has 0 amide bonds. The van der Waals surface area contributed by atoms with Crippen molar-refractivity contribution in [3.8, 4) is 0 Å². The predicted molar refractivity (Wildman–Crippen MR) is 93.5 cm³/mol. The molecule has 1 atom stereocenters. The van der Waals surface area contributed by atoms with Crippen molar-refractivity contribution in [1.82, 2.24) is 4.90 Å². The van der Waals surface area contributed by atoms with E-state index in [4.69, 9.17) is 0 Å². The number of hydrogen-bond donors (Lipinski definition) is 1. The van der Waals surface area contributed by atoms with Gasteiger partial charge in [0.2, 0.25) is 0 Å². The fourth-order valence-corrected chi connectivity index (χ4v) is 2.54. The van der Waals surface area contributed by atoms with Crippen molar-refractivity contribution in [2.75, 3.05) is 13.1 Å². The Bertz CT molecular complexity index is 628. The number of benzene rings is 2. The molecule has 0 aliphatic rings. The maximum Gasteiger partial charge on any atom is 0.195 e. The van der Waals surface area contributed by atoms with Crippen molar-refractivity contribution < 1.29 is 9.90 Å². The fraction of sp³-hybridized carbons (Fsp3) is 0.350. The Morgan fingerprint density at radius 1 is 1.00 bits per heavy atom. The minimum absolute atomic E-state index is 0.261. The number of carbonyl (C=O) groups is 1. The van der Waals surface area contributed by atoms with Crippen LogP contribution in [0.25, 0.3) is 0 Å². The van der Waals surface area contributed by atoms with Crippen LogP contribution in [0, 0.1) is 6.92 Å². The van der Waals surface area contributed by atoms with Crippen LogP contribution >= 0.6 is 0 Å². The first-order valence-electron chi connectivity index (χ1n) is 8.15. The smallest absolute Gasteiger partial charge is 0.195 e. The summed E-state index contributed by atoms with van der Waals surface area (Å²) < 4.78 is 0. The summed E-state index contributed by atoms with van der Waals surface area (Å²) in [7, 11) is 0. The van der Waals surface area contributed by atoms with Gasteiger partial charge in [0.15, 0.2) is 5.78 Å². The molecule has 23 heavy (non-hydrogen) atoms. The van der Waals surface area contributed by atoms with Gasteiger partial charge in [-0.05, 0) is 31.1 Å². The Hall–Kier alpha value is -1.97. The van der Waals surface area contributed by atoms with Crippen LogP contribution in [-0.2, 0) is 6.54 Å². The molecule has 0 aliphatic carbocycles. The number of nitrogens with zero attached hydrogens (tertiary/aromatic N) is 1. The lowest BCUT2D eigenvalue weighted by Crippen LogP contribution is -2.22. The van der Waals surface area contributed by atoms with Gasteiger partial charge in [-0.25, -0.2) is 0 Å². The molecule has 1 N–H and O–H groups in total. The van der Waals surface area contributed by atoms with Crippen molar-refractivity contribution >= 4 is 5.78 Å². The van der Waals surface area contributed by atoms with Gasteiger partial charge in [-0.2, -0.15) is 0 Å². The Labute approximate surface area is 138 Å². The van der Waals surface area contributed by atoms with E-state index >= 15 is 0 Å². The normalized spacial score (nSPS) is 12.4. The van der Waals surface area contributed by atoms with Crippen LogP contribution in [0.15, 0.2) is 48.5 Å². The van der Waals surface area contributed by atoms with Crippen molar-refractivity contribution in [3.05, 3.63) is 70.8 Å². The molecule has 122 valence electrons. The largest absolute Gasteiger partial charge is 0.380 e. The van der Waals surface area contributed by atoms with E-state index in [9.17, 15) is 9.90 Å². The Balaban J connectivity index is 2.09. The molecule has 0 bridgehead atoms. The van der Waals surface area contributed by atoms with E-state index in [1.807, 2.05) is 31.2 Å². The number of Topliss-reactive ketones (excluding diaryl/α,β-unsaturated/α-hetero) is 1. The summed E-state index contributed by atoms with van der Waals surface area (Å²) >= 11 is 0. The van der Waals surface area contributed by atoms with Crippen molar-refractivity contribution in [2.24, 2.45) is 0 Å². The Morgan fingerprint density at radius 2 is 1.57 bits per heavy atom. The topological polar surface area (TPSA) is 40.5 Å². The van der Waals surface area contributed by atoms with Crippen molar-refractivity contribution in [3.63, 3.8) is 0 Å². The minimum atomic E-state index is -1.11. The molecule has 2 aromatic rings. The standard InChI is InChI=1S/C20H25NO2/c1-4-21(5-2)14-16-8-12-18(13-9-16)20(23)19(22)17-10-6-15(3)7-11-17/h6-13,19,22H,4-5,14H2,1-3H3. The number of aryl methyl sites for hydroxylation is 1. The average molecular weight is 311 g/mol. The highest BCUT2D eigenvalue weighted by Gasteiger charge is 2.19. The number of aliphatic hydroxyl groups is 1. The molecule has 0 radical (unpaired) electrons. The van der Waals surface area contributed by atoms with Gasteiger partial charge in [-0.3, -0.25) is 9.69 Å². The molecule has 1 unspecified atom stereocenters. The summed E-state index contributed by atoms with van der Waals surface area (Å²) in [6.07, 6.45) is -1.11. The summed E-state index contributed by atoms with van der Waals surface area (Å²) in [5.74, 6) is -0.261. The van der Waals surface area contributed by atoms with E-state index < -0.39 is 6.10 Å². The lowest BCUT2D eigenvalue weighted by molar-refractivity contribution is 0.0747. The summed E-state index contributed by atoms with van der Waals surface area (Å²) in [6.45, 7) is 9.14. The summed E-state index contributed by atoms with van der Waals surface area (Å²) in [5.41, 5.74) is 3.46. The zero-order valence-electron chi connectivity index (χ0n) is 14.1. The summed E-state index contributed by atoms with van der Waals surface area (Å²) in [5, 5.41) is 10.3. The highest BCUT2D eigenvalue weighted by molar-refractivity contribution is 5.99. The molecule has 2 rings (SSSR count). The molecule has 3 nitrogen and oxygen atoms in total. The summed E-state index contributed by atoms with van der Waals surface area (Å²) in [4.78, 5) is 14.7. The van der Waals surface area contributed by atoms with Gasteiger partial charge in [0, 0.05) is 12.1 Å². The molecule has 0 heterocycles. The van der Waals surface area contributed by atoms with Gasteiger partial charge in [-0.1, -0.05) is 67.9 Å². The van der Waals surface area contributed by atoms with E-state index in [-0.39, 0.29) is 5.78 Å². The van der Waals surface area contributed by atoms with Crippen LogP contribution in [0.1, 0.15) is 47.0 Å². The highest BCUT2D eigenvalue weighted by Crippen LogP contribution is 2.19. The minimum Gasteiger partial charge on any atom is -0.380 e. The SMILES string of the molecule is CCN(CC)Cc1ccc(C(=O)C(O)c2ccc(C)cc2)cc1. The molecular formula is C20H25NO2. The zero-order chi connectivity index (χ0) is 16.8. The second-order valence-corrected chi connectivity index (χ2v) is 5.84. The molecule has 0 saturated heterocycles. The van der Waals surface area contributed by atoms with E-state index in [2.05, 4.69) is 18.7 Å². The number of rotatable bonds is 7. The van der Waals surface area contributed by atoms with Crippen LogP contribution < -0.4 is 0 Å². The van der Waals surface area contributed by atoms with Crippen molar-refractivity contribution in [2.45, 2.75) is 33.4 Å². The first-order valence-corrected chi connectivity index (χ1v) is 8.15. The van der Waals surface area contributed by atoms with Gasteiger partial charge in [0.1, 0.15) is 6.10 Å². The second kappa shape index (κ2) is 8.04. The van der Waals surface area contributed by atoms with Crippen LogP contribution in [0.3, 0.4) is 0 Å². The first kappa shape index (κ1) is 17.4.